The predicted molar refractivity (Wildman–Crippen MR) is 70.0 cm³/mol. The van der Waals surface area contributed by atoms with Crippen molar-refractivity contribution in [3.63, 3.8) is 0 Å². The Morgan fingerprint density at radius 1 is 0.474 bits per heavy atom. The molecule has 0 aliphatic rings. The molecule has 0 heterocycles. The third kappa shape index (κ3) is 5.24. The quantitative estimate of drug-likeness (QED) is 0.189. The van der Waals surface area contributed by atoms with Gasteiger partial charge in [0, 0.05) is 0 Å². The van der Waals surface area contributed by atoms with Crippen molar-refractivity contribution >= 4 is 10.1 Å². The molecule has 0 aliphatic carbocycles. The predicted octanol–water partition coefficient (Wildman–Crippen LogP) is 2.85. The van der Waals surface area contributed by atoms with Crippen molar-refractivity contribution in [2.24, 2.45) is 0 Å². The molecule has 26 heteroatoms. The van der Waals surface area contributed by atoms with E-state index in [1.165, 1.54) is 0 Å². The van der Waals surface area contributed by atoms with Gasteiger partial charge in [-0.2, -0.15) is 70.2 Å². The van der Waals surface area contributed by atoms with Crippen LogP contribution in [0.15, 0.2) is 0 Å². The number of rotatable bonds is 12. The molecule has 0 aromatic rings. The summed E-state index contributed by atoms with van der Waals surface area (Å²) >= 11 is 0. The third-order valence-electron chi connectivity index (χ3n) is 4.21. The summed E-state index contributed by atoms with van der Waals surface area (Å²) in [6, 6.07) is 0. The van der Waals surface area contributed by atoms with Gasteiger partial charge in [-0.05, 0) is 0 Å². The summed E-state index contributed by atoms with van der Waals surface area (Å²) in [6.45, 7) is 0. The van der Waals surface area contributed by atoms with Crippen molar-refractivity contribution < 1.29 is 124 Å². The first-order chi connectivity index (χ1) is 15.7. The molecule has 0 bridgehead atoms. The number of halogens is 21. The first-order valence-electron chi connectivity index (χ1n) is 7.84. The molecule has 0 rings (SSSR count). The van der Waals surface area contributed by atoms with Gasteiger partial charge in [-0.25, -0.2) is 30.4 Å². The van der Waals surface area contributed by atoms with Gasteiger partial charge >= 0.3 is 66.2 Å². The van der Waals surface area contributed by atoms with Crippen LogP contribution in [0.4, 0.5) is 92.2 Å². The molecule has 0 fully saturated rings. The molecular formula is C12H4F21LiO3S. The van der Waals surface area contributed by atoms with Gasteiger partial charge in [0.2, 0.25) is 6.17 Å². The zero-order chi connectivity index (χ0) is 30.8. The monoisotopic (exact) mass is 634 g/mol. The molecular weight excluding hydrogens is 630 g/mol. The van der Waals surface area contributed by atoms with Crippen LogP contribution in [0.25, 0.3) is 0 Å². The topological polar surface area (TPSA) is 57.2 Å². The van der Waals surface area contributed by atoms with Crippen LogP contribution >= 0.6 is 0 Å². The molecule has 224 valence electrons. The Morgan fingerprint density at radius 3 is 0.947 bits per heavy atom. The van der Waals surface area contributed by atoms with Crippen LogP contribution in [0.3, 0.4) is 0 Å². The van der Waals surface area contributed by atoms with Crippen molar-refractivity contribution in [3.05, 3.63) is 0 Å². The maximum Gasteiger partial charge on any atom is 1.00 e. The van der Waals surface area contributed by atoms with Crippen LogP contribution in [-0.2, 0) is 10.1 Å². The van der Waals surface area contributed by atoms with Crippen LogP contribution in [0, 0.1) is 0 Å². The van der Waals surface area contributed by atoms with Crippen LogP contribution in [-0.4, -0.2) is 84.6 Å². The fourth-order valence-electron chi connectivity index (χ4n) is 2.03. The van der Waals surface area contributed by atoms with E-state index in [1.54, 1.807) is 0 Å². The number of alkyl halides is 21. The molecule has 3 atom stereocenters. The van der Waals surface area contributed by atoms with Crippen molar-refractivity contribution in [1.29, 1.82) is 0 Å². The van der Waals surface area contributed by atoms with Crippen molar-refractivity contribution in [1.82, 2.24) is 0 Å². The maximum atomic E-state index is 13.5. The van der Waals surface area contributed by atoms with Crippen molar-refractivity contribution in [2.45, 2.75) is 71.7 Å². The van der Waals surface area contributed by atoms with Crippen molar-refractivity contribution in [3.8, 4) is 0 Å². The van der Waals surface area contributed by atoms with Crippen LogP contribution in [0.2, 0.25) is 0 Å². The fourth-order valence-corrected chi connectivity index (χ4v) is 2.54. The Balaban J connectivity index is 0. The summed E-state index contributed by atoms with van der Waals surface area (Å²) in [5.41, 5.74) is -6.25. The molecule has 3 nitrogen and oxygen atoms in total. The van der Waals surface area contributed by atoms with Crippen LogP contribution in [0.1, 0.15) is 0 Å². The smallest absolute Gasteiger partial charge is 0.746 e. The summed E-state index contributed by atoms with van der Waals surface area (Å²) < 4.78 is 306. The summed E-state index contributed by atoms with van der Waals surface area (Å²) in [5, 5.41) is 0. The normalized spacial score (nSPS) is 18.2. The molecule has 0 spiro atoms. The van der Waals surface area contributed by atoms with Gasteiger partial charge in [0.25, 0.3) is 11.9 Å². The zero-order valence-corrected chi connectivity index (χ0v) is 17.7. The molecule has 3 unspecified atom stereocenters. The zero-order valence-electron chi connectivity index (χ0n) is 16.9. The standard InChI is InChI=1S/C12H5F21O3S.Li/c13-1(3(15)16)2(14)5(18,19)7(22,23)9(26,27)11(30,31)12(32,33)10(28,29)8(24,25)6(20,21)4(17)37(34,35)36;/h1-4H,(H,34,35,36);/q;+1/p-1. The average molecular weight is 634 g/mol. The van der Waals surface area contributed by atoms with E-state index in [4.69, 9.17) is 0 Å². The van der Waals surface area contributed by atoms with Gasteiger partial charge in [-0.15, -0.1) is 0 Å². The first kappa shape index (κ1) is 39.2. The third-order valence-corrected chi connectivity index (χ3v) is 5.02. The largest absolute Gasteiger partial charge is 1.00 e. The summed E-state index contributed by atoms with van der Waals surface area (Å²) in [4.78, 5) is 0. The molecule has 0 amide bonds. The summed E-state index contributed by atoms with van der Waals surface area (Å²) in [5.74, 6) is -70.1. The molecule has 0 aliphatic heterocycles. The molecule has 38 heavy (non-hydrogen) atoms. The number of hydrogen-bond acceptors (Lipinski definition) is 3. The maximum absolute atomic E-state index is 13.5. The van der Waals surface area contributed by atoms with E-state index in [9.17, 15) is 105 Å². The van der Waals surface area contributed by atoms with E-state index in [0.717, 1.165) is 0 Å². The Morgan fingerprint density at radius 2 is 0.711 bits per heavy atom. The van der Waals surface area contributed by atoms with Crippen LogP contribution < -0.4 is 18.9 Å². The Bertz CT molecular complexity index is 934. The van der Waals surface area contributed by atoms with E-state index in [-0.39, 0.29) is 18.9 Å². The van der Waals surface area contributed by atoms with Gasteiger partial charge in [0.1, 0.15) is 10.1 Å². The second-order valence-corrected chi connectivity index (χ2v) is 8.08. The second-order valence-electron chi connectivity index (χ2n) is 6.68. The van der Waals surface area contributed by atoms with E-state index in [1.807, 2.05) is 0 Å². The average Bonchev–Trinajstić information content (AvgIpc) is 2.69. The fraction of sp³-hybridized carbons (Fsp3) is 1.00. The first-order valence-corrected chi connectivity index (χ1v) is 9.32. The second kappa shape index (κ2) is 10.5. The van der Waals surface area contributed by atoms with Gasteiger partial charge in [0.15, 0.2) is 6.17 Å². The SMILES string of the molecule is O=S(=O)([O-])C(F)C(F)(F)C(F)(F)C(F)(F)C(F)(F)C(F)(F)C(F)(F)C(F)(F)C(F)(F)C(F)C(F)C(F)F.[Li+]. The van der Waals surface area contributed by atoms with E-state index in [2.05, 4.69) is 0 Å². The number of hydrogen-bond donors (Lipinski definition) is 0. The van der Waals surface area contributed by atoms with E-state index >= 15 is 0 Å². The summed E-state index contributed by atoms with van der Waals surface area (Å²) in [7, 11) is -7.60. The molecule has 0 aromatic heterocycles. The van der Waals surface area contributed by atoms with Gasteiger partial charge in [-0.1, -0.05) is 0 Å². The minimum Gasteiger partial charge on any atom is -0.746 e. The van der Waals surface area contributed by atoms with Crippen LogP contribution in [0.5, 0.6) is 0 Å². The molecule has 0 N–H and O–H groups in total. The van der Waals surface area contributed by atoms with E-state index in [0.29, 0.717) is 0 Å². The Kier molecular flexibility index (Phi) is 10.8. The molecule has 0 radical (unpaired) electrons. The minimum absolute atomic E-state index is 0. The van der Waals surface area contributed by atoms with Gasteiger partial charge in [0.05, 0.1) is 0 Å². The molecule has 0 aromatic carbocycles. The Labute approximate surface area is 206 Å². The molecule has 0 saturated heterocycles. The molecule has 0 saturated carbocycles. The Hall–Kier alpha value is -0.963. The van der Waals surface area contributed by atoms with Crippen molar-refractivity contribution in [2.75, 3.05) is 0 Å². The minimum atomic E-state index is -9.22. The van der Waals surface area contributed by atoms with E-state index < -0.39 is 81.8 Å². The van der Waals surface area contributed by atoms with Gasteiger partial charge < -0.3 is 4.55 Å². The van der Waals surface area contributed by atoms with Gasteiger partial charge in [-0.3, -0.25) is 0 Å². The summed E-state index contributed by atoms with van der Waals surface area (Å²) in [6.07, 6.45) is -16.5.